The summed E-state index contributed by atoms with van der Waals surface area (Å²) in [5, 5.41) is 19.4. The fourth-order valence-electron chi connectivity index (χ4n) is 3.83. The summed E-state index contributed by atoms with van der Waals surface area (Å²) in [5.74, 6) is -0.135. The van der Waals surface area contributed by atoms with Gasteiger partial charge in [0.05, 0.1) is 24.0 Å². The molecule has 0 bridgehead atoms. The van der Waals surface area contributed by atoms with Gasteiger partial charge in [0.2, 0.25) is 0 Å². The Bertz CT molecular complexity index is 1030. The molecule has 0 spiro atoms. The normalized spacial score (nSPS) is 16.5. The van der Waals surface area contributed by atoms with Crippen molar-refractivity contribution < 1.29 is 9.90 Å². The van der Waals surface area contributed by atoms with Gasteiger partial charge in [-0.2, -0.15) is 10.2 Å². The summed E-state index contributed by atoms with van der Waals surface area (Å²) in [6.07, 6.45) is -0.672. The summed E-state index contributed by atoms with van der Waals surface area (Å²) in [5.41, 5.74) is 5.96. The van der Waals surface area contributed by atoms with Gasteiger partial charge in [-0.05, 0) is 31.0 Å². The standard InChI is InChI=1S/C20H23N5O2/c1-12-19(13(2)23(3)21-12)16-9-17(24(4)22-16)20(27)25-10-14-7-5-6-8-15(14)18(26)11-25/h5-9,18,26H,10-11H2,1-4H3. The predicted molar refractivity (Wildman–Crippen MR) is 101 cm³/mol. The highest BCUT2D eigenvalue weighted by Gasteiger charge is 2.29. The second-order valence-electron chi connectivity index (χ2n) is 7.11. The number of hydrogen-bond donors (Lipinski definition) is 1. The first-order valence-corrected chi connectivity index (χ1v) is 8.96. The summed E-state index contributed by atoms with van der Waals surface area (Å²) in [7, 11) is 3.67. The topological polar surface area (TPSA) is 76.2 Å². The molecule has 27 heavy (non-hydrogen) atoms. The van der Waals surface area contributed by atoms with Crippen molar-refractivity contribution in [2.75, 3.05) is 6.54 Å². The largest absolute Gasteiger partial charge is 0.387 e. The second kappa shape index (κ2) is 6.35. The molecule has 0 fully saturated rings. The number of aromatic nitrogens is 4. The van der Waals surface area contributed by atoms with Gasteiger partial charge in [0.1, 0.15) is 5.69 Å². The van der Waals surface area contributed by atoms with E-state index in [1.807, 2.05) is 55.9 Å². The van der Waals surface area contributed by atoms with E-state index in [0.29, 0.717) is 12.2 Å². The van der Waals surface area contributed by atoms with Crippen molar-refractivity contribution in [3.8, 4) is 11.3 Å². The average molecular weight is 365 g/mol. The van der Waals surface area contributed by atoms with Crippen LogP contribution in [0.5, 0.6) is 0 Å². The number of fused-ring (bicyclic) bond motifs is 1. The lowest BCUT2D eigenvalue weighted by Crippen LogP contribution is -2.39. The van der Waals surface area contributed by atoms with Gasteiger partial charge >= 0.3 is 0 Å². The van der Waals surface area contributed by atoms with Gasteiger partial charge < -0.3 is 10.0 Å². The van der Waals surface area contributed by atoms with Crippen molar-refractivity contribution in [2.24, 2.45) is 14.1 Å². The minimum Gasteiger partial charge on any atom is -0.387 e. The van der Waals surface area contributed by atoms with Crippen molar-refractivity contribution in [2.45, 2.75) is 26.5 Å². The molecule has 1 atom stereocenters. The second-order valence-corrected chi connectivity index (χ2v) is 7.11. The Morgan fingerprint density at radius 3 is 2.59 bits per heavy atom. The third-order valence-electron chi connectivity index (χ3n) is 5.32. The number of aryl methyl sites for hydroxylation is 3. The third-order valence-corrected chi connectivity index (χ3v) is 5.32. The molecule has 0 saturated carbocycles. The zero-order chi connectivity index (χ0) is 19.3. The lowest BCUT2D eigenvalue weighted by atomic mass is 9.97. The number of rotatable bonds is 2. The molecule has 140 valence electrons. The van der Waals surface area contributed by atoms with E-state index < -0.39 is 6.10 Å². The van der Waals surface area contributed by atoms with Gasteiger partial charge in [-0.15, -0.1) is 0 Å². The quantitative estimate of drug-likeness (QED) is 0.755. The van der Waals surface area contributed by atoms with Crippen molar-refractivity contribution in [3.63, 3.8) is 0 Å². The molecule has 0 saturated heterocycles. The molecule has 1 unspecified atom stereocenters. The molecule has 1 N–H and O–H groups in total. The van der Waals surface area contributed by atoms with E-state index in [1.54, 1.807) is 16.6 Å². The molecular formula is C20H23N5O2. The van der Waals surface area contributed by atoms with Gasteiger partial charge in [0, 0.05) is 31.9 Å². The van der Waals surface area contributed by atoms with Gasteiger partial charge in [-0.25, -0.2) is 0 Å². The van der Waals surface area contributed by atoms with Crippen LogP contribution in [0.4, 0.5) is 0 Å². The molecule has 0 radical (unpaired) electrons. The lowest BCUT2D eigenvalue weighted by molar-refractivity contribution is 0.0540. The molecule has 7 nitrogen and oxygen atoms in total. The molecule has 1 aliphatic rings. The molecule has 7 heteroatoms. The van der Waals surface area contributed by atoms with Crippen molar-refractivity contribution in [3.05, 3.63) is 58.5 Å². The number of aliphatic hydroxyl groups excluding tert-OH is 1. The number of carbonyl (C=O) groups is 1. The van der Waals surface area contributed by atoms with Crippen molar-refractivity contribution in [1.82, 2.24) is 24.5 Å². The number of hydrogen-bond acceptors (Lipinski definition) is 4. The lowest BCUT2D eigenvalue weighted by Gasteiger charge is -2.32. The highest BCUT2D eigenvalue weighted by atomic mass is 16.3. The summed E-state index contributed by atoms with van der Waals surface area (Å²) in [6.45, 7) is 4.69. The maximum Gasteiger partial charge on any atom is 0.272 e. The average Bonchev–Trinajstić information content (AvgIpc) is 3.13. The Labute approximate surface area is 157 Å². The van der Waals surface area contributed by atoms with Crippen LogP contribution < -0.4 is 0 Å². The molecule has 1 aromatic carbocycles. The maximum atomic E-state index is 13.1. The SMILES string of the molecule is Cc1nn(C)c(C)c1-c1cc(C(=O)N2Cc3ccccc3C(O)C2)n(C)n1. The van der Waals surface area contributed by atoms with E-state index >= 15 is 0 Å². The van der Waals surface area contributed by atoms with Crippen LogP contribution in [0.2, 0.25) is 0 Å². The first-order chi connectivity index (χ1) is 12.9. The number of carbonyl (C=O) groups excluding carboxylic acids is 1. The number of benzene rings is 1. The van der Waals surface area contributed by atoms with E-state index in [-0.39, 0.29) is 12.5 Å². The smallest absolute Gasteiger partial charge is 0.272 e. The highest BCUT2D eigenvalue weighted by molar-refractivity contribution is 5.94. The molecule has 2 aromatic heterocycles. The predicted octanol–water partition coefficient (Wildman–Crippen LogP) is 2.13. The van der Waals surface area contributed by atoms with E-state index in [0.717, 1.165) is 33.8 Å². The number of amides is 1. The fourth-order valence-corrected chi connectivity index (χ4v) is 3.83. The van der Waals surface area contributed by atoms with Crippen LogP contribution in [0.15, 0.2) is 30.3 Å². The third kappa shape index (κ3) is 2.84. The van der Waals surface area contributed by atoms with Crippen molar-refractivity contribution in [1.29, 1.82) is 0 Å². The van der Waals surface area contributed by atoms with E-state index in [2.05, 4.69) is 10.2 Å². The number of nitrogens with zero attached hydrogens (tertiary/aromatic N) is 5. The Morgan fingerprint density at radius 2 is 1.89 bits per heavy atom. The monoisotopic (exact) mass is 365 g/mol. The van der Waals surface area contributed by atoms with Crippen LogP contribution in [0.25, 0.3) is 11.3 Å². The van der Waals surface area contributed by atoms with E-state index in [4.69, 9.17) is 0 Å². The summed E-state index contributed by atoms with van der Waals surface area (Å²) < 4.78 is 3.43. The minimum absolute atomic E-state index is 0.135. The van der Waals surface area contributed by atoms with Crippen LogP contribution in [0.3, 0.4) is 0 Å². The Hall–Kier alpha value is -2.93. The Morgan fingerprint density at radius 1 is 1.15 bits per heavy atom. The first-order valence-electron chi connectivity index (χ1n) is 8.96. The van der Waals surface area contributed by atoms with E-state index in [9.17, 15) is 9.90 Å². The summed E-state index contributed by atoms with van der Waals surface area (Å²) in [6, 6.07) is 9.51. The number of aliphatic hydroxyl groups is 1. The van der Waals surface area contributed by atoms with Crippen LogP contribution >= 0.6 is 0 Å². The first kappa shape index (κ1) is 17.5. The van der Waals surface area contributed by atoms with Gasteiger partial charge in [0.25, 0.3) is 5.91 Å². The van der Waals surface area contributed by atoms with Crippen LogP contribution in [-0.2, 0) is 20.6 Å². The van der Waals surface area contributed by atoms with Gasteiger partial charge in [0.15, 0.2) is 0 Å². The minimum atomic E-state index is -0.672. The fraction of sp³-hybridized carbons (Fsp3) is 0.350. The molecule has 3 aromatic rings. The van der Waals surface area contributed by atoms with Crippen LogP contribution in [0.1, 0.15) is 39.1 Å². The molecular weight excluding hydrogens is 342 g/mol. The maximum absolute atomic E-state index is 13.1. The van der Waals surface area contributed by atoms with Crippen molar-refractivity contribution >= 4 is 5.91 Å². The molecule has 1 amide bonds. The summed E-state index contributed by atoms with van der Waals surface area (Å²) >= 11 is 0. The zero-order valence-electron chi connectivity index (χ0n) is 16.0. The Balaban J connectivity index is 1.67. The zero-order valence-corrected chi connectivity index (χ0v) is 16.0. The molecule has 3 heterocycles. The van der Waals surface area contributed by atoms with E-state index in [1.165, 1.54) is 0 Å². The summed E-state index contributed by atoms with van der Waals surface area (Å²) in [4.78, 5) is 14.8. The van der Waals surface area contributed by atoms with Crippen LogP contribution in [-0.4, -0.2) is 42.0 Å². The Kier molecular flexibility index (Phi) is 4.11. The van der Waals surface area contributed by atoms with Crippen LogP contribution in [0, 0.1) is 13.8 Å². The number of β-amino-alcohol motifs (C(OH)–C–C–N with tert-alkyl or cyclic N) is 1. The van der Waals surface area contributed by atoms with Gasteiger partial charge in [-0.1, -0.05) is 24.3 Å². The molecule has 1 aliphatic heterocycles. The van der Waals surface area contributed by atoms with Gasteiger partial charge in [-0.3, -0.25) is 14.2 Å². The molecule has 4 rings (SSSR count). The highest BCUT2D eigenvalue weighted by Crippen LogP contribution is 2.29. The molecule has 0 aliphatic carbocycles.